The smallest absolute Gasteiger partial charge is 0.0577 e. The van der Waals surface area contributed by atoms with Crippen molar-refractivity contribution in [1.82, 2.24) is 0 Å². The van der Waals surface area contributed by atoms with E-state index in [2.05, 4.69) is 6.08 Å². The molecule has 0 spiro atoms. The molecule has 0 aliphatic heterocycles. The zero-order valence-corrected chi connectivity index (χ0v) is 5.62. The average molecular weight is 124 g/mol. The molecule has 1 rings (SSSR count). The van der Waals surface area contributed by atoms with Crippen LogP contribution in [0.1, 0.15) is 13.3 Å². The molecule has 2 atom stereocenters. The number of rotatable bonds is 1. The number of allylic oxidation sites excluding steroid dienone is 3. The summed E-state index contributed by atoms with van der Waals surface area (Å²) in [5.41, 5.74) is 0. The molecule has 0 saturated carbocycles. The fourth-order valence-corrected chi connectivity index (χ4v) is 0.957. The Morgan fingerprint density at radius 2 is 2.33 bits per heavy atom. The van der Waals surface area contributed by atoms with Crippen molar-refractivity contribution in [1.29, 1.82) is 0 Å². The first kappa shape index (κ1) is 6.56. The van der Waals surface area contributed by atoms with Crippen molar-refractivity contribution in [2.75, 3.05) is 0 Å². The summed E-state index contributed by atoms with van der Waals surface area (Å²) >= 11 is 0. The van der Waals surface area contributed by atoms with Crippen molar-refractivity contribution < 1.29 is 5.11 Å². The molecule has 0 aromatic heterocycles. The lowest BCUT2D eigenvalue weighted by molar-refractivity contribution is 0.149. The van der Waals surface area contributed by atoms with Crippen LogP contribution >= 0.6 is 0 Å². The summed E-state index contributed by atoms with van der Waals surface area (Å²) in [7, 11) is 0. The Balaban J connectivity index is 2.46. The summed E-state index contributed by atoms with van der Waals surface area (Å²) in [4.78, 5) is 0. The topological polar surface area (TPSA) is 20.2 Å². The van der Waals surface area contributed by atoms with E-state index in [1.807, 2.05) is 25.2 Å². The van der Waals surface area contributed by atoms with E-state index < -0.39 is 0 Å². The highest BCUT2D eigenvalue weighted by atomic mass is 16.3. The fourth-order valence-electron chi connectivity index (χ4n) is 0.957. The molecule has 0 saturated heterocycles. The normalized spacial score (nSPS) is 28.4. The molecule has 1 heteroatoms. The Kier molecular flexibility index (Phi) is 2.06. The van der Waals surface area contributed by atoms with E-state index in [1.165, 1.54) is 0 Å². The van der Waals surface area contributed by atoms with E-state index in [1.54, 1.807) is 0 Å². The Labute approximate surface area is 55.7 Å². The fraction of sp³-hybridized carbons (Fsp3) is 0.500. The first-order valence-electron chi connectivity index (χ1n) is 3.32. The van der Waals surface area contributed by atoms with Gasteiger partial charge in [0.25, 0.3) is 0 Å². The first-order valence-corrected chi connectivity index (χ1v) is 3.32. The molecule has 0 aromatic carbocycles. The highest BCUT2D eigenvalue weighted by Gasteiger charge is 2.09. The summed E-state index contributed by atoms with van der Waals surface area (Å²) in [6.45, 7) is 1.83. The van der Waals surface area contributed by atoms with Gasteiger partial charge in [0, 0.05) is 5.92 Å². The van der Waals surface area contributed by atoms with Gasteiger partial charge in [0.1, 0.15) is 0 Å². The molecule has 0 fully saturated rings. The molecule has 1 unspecified atom stereocenters. The van der Waals surface area contributed by atoms with Gasteiger partial charge in [-0.3, -0.25) is 0 Å². The standard InChI is InChI=1S/C8H12O/c1-7(9)8-5-3-2-4-6-8/h2-5,7-9H,6H2,1H3/t7-,8?/m1/s1. The Hall–Kier alpha value is -0.560. The van der Waals surface area contributed by atoms with Crippen LogP contribution in [0.15, 0.2) is 24.3 Å². The van der Waals surface area contributed by atoms with Crippen LogP contribution in [0.5, 0.6) is 0 Å². The van der Waals surface area contributed by atoms with Crippen molar-refractivity contribution in [3.63, 3.8) is 0 Å². The van der Waals surface area contributed by atoms with Gasteiger partial charge >= 0.3 is 0 Å². The summed E-state index contributed by atoms with van der Waals surface area (Å²) in [5.74, 6) is 0.343. The molecule has 1 aliphatic carbocycles. The summed E-state index contributed by atoms with van der Waals surface area (Å²) < 4.78 is 0. The average Bonchev–Trinajstić information content (AvgIpc) is 1.90. The van der Waals surface area contributed by atoms with Gasteiger partial charge in [-0.1, -0.05) is 24.3 Å². The van der Waals surface area contributed by atoms with Gasteiger partial charge in [-0.2, -0.15) is 0 Å². The van der Waals surface area contributed by atoms with Crippen LogP contribution in [0.2, 0.25) is 0 Å². The zero-order valence-electron chi connectivity index (χ0n) is 5.62. The van der Waals surface area contributed by atoms with Crippen LogP contribution in [0.25, 0.3) is 0 Å². The van der Waals surface area contributed by atoms with Gasteiger partial charge in [0.2, 0.25) is 0 Å². The second kappa shape index (κ2) is 2.83. The molecule has 0 bridgehead atoms. The van der Waals surface area contributed by atoms with Crippen molar-refractivity contribution in [3.8, 4) is 0 Å². The quantitative estimate of drug-likeness (QED) is 0.561. The molecule has 1 nitrogen and oxygen atoms in total. The third-order valence-electron chi connectivity index (χ3n) is 1.63. The van der Waals surface area contributed by atoms with Crippen LogP contribution < -0.4 is 0 Å². The molecule has 0 heterocycles. The summed E-state index contributed by atoms with van der Waals surface area (Å²) in [6, 6.07) is 0. The minimum atomic E-state index is -0.203. The summed E-state index contributed by atoms with van der Waals surface area (Å²) in [6.07, 6.45) is 8.90. The van der Waals surface area contributed by atoms with E-state index in [0.29, 0.717) is 5.92 Å². The maximum Gasteiger partial charge on any atom is 0.0577 e. The van der Waals surface area contributed by atoms with Crippen molar-refractivity contribution in [2.45, 2.75) is 19.4 Å². The molecular weight excluding hydrogens is 112 g/mol. The first-order chi connectivity index (χ1) is 4.30. The molecule has 50 valence electrons. The van der Waals surface area contributed by atoms with Gasteiger partial charge in [-0.05, 0) is 13.3 Å². The third-order valence-corrected chi connectivity index (χ3v) is 1.63. The van der Waals surface area contributed by atoms with E-state index >= 15 is 0 Å². The van der Waals surface area contributed by atoms with Crippen LogP contribution in [0, 0.1) is 5.92 Å². The van der Waals surface area contributed by atoms with Gasteiger partial charge in [0.15, 0.2) is 0 Å². The van der Waals surface area contributed by atoms with Crippen LogP contribution in [-0.4, -0.2) is 11.2 Å². The molecular formula is C8H12O. The lowest BCUT2D eigenvalue weighted by Gasteiger charge is -2.14. The van der Waals surface area contributed by atoms with Gasteiger partial charge < -0.3 is 5.11 Å². The van der Waals surface area contributed by atoms with E-state index in [-0.39, 0.29) is 6.10 Å². The van der Waals surface area contributed by atoms with E-state index in [0.717, 1.165) is 6.42 Å². The van der Waals surface area contributed by atoms with Crippen LogP contribution in [0.3, 0.4) is 0 Å². The largest absolute Gasteiger partial charge is 0.393 e. The second-order valence-electron chi connectivity index (χ2n) is 2.45. The van der Waals surface area contributed by atoms with Gasteiger partial charge in [-0.25, -0.2) is 0 Å². The second-order valence-corrected chi connectivity index (χ2v) is 2.45. The zero-order chi connectivity index (χ0) is 6.69. The Morgan fingerprint density at radius 1 is 1.56 bits per heavy atom. The molecule has 9 heavy (non-hydrogen) atoms. The SMILES string of the molecule is C[C@@H](O)C1C=CC=CC1. The number of hydrogen-bond acceptors (Lipinski definition) is 1. The predicted molar refractivity (Wildman–Crippen MR) is 38.1 cm³/mol. The van der Waals surface area contributed by atoms with E-state index in [9.17, 15) is 0 Å². The molecule has 0 aromatic rings. The maximum absolute atomic E-state index is 9.09. The maximum atomic E-state index is 9.09. The van der Waals surface area contributed by atoms with Crippen molar-refractivity contribution in [2.24, 2.45) is 5.92 Å². The number of aliphatic hydroxyl groups is 1. The minimum absolute atomic E-state index is 0.203. The minimum Gasteiger partial charge on any atom is -0.393 e. The lowest BCUT2D eigenvalue weighted by atomic mass is 9.96. The number of aliphatic hydroxyl groups excluding tert-OH is 1. The summed E-state index contributed by atoms with van der Waals surface area (Å²) in [5, 5.41) is 9.09. The molecule has 0 radical (unpaired) electrons. The highest BCUT2D eigenvalue weighted by molar-refractivity contribution is 5.11. The van der Waals surface area contributed by atoms with Gasteiger partial charge in [-0.15, -0.1) is 0 Å². The van der Waals surface area contributed by atoms with Crippen molar-refractivity contribution >= 4 is 0 Å². The number of hydrogen-bond donors (Lipinski definition) is 1. The third kappa shape index (κ3) is 1.68. The predicted octanol–water partition coefficient (Wildman–Crippen LogP) is 1.50. The van der Waals surface area contributed by atoms with Crippen molar-refractivity contribution in [3.05, 3.63) is 24.3 Å². The molecule has 1 N–H and O–H groups in total. The van der Waals surface area contributed by atoms with Crippen LogP contribution in [0.4, 0.5) is 0 Å². The van der Waals surface area contributed by atoms with Crippen LogP contribution in [-0.2, 0) is 0 Å². The lowest BCUT2D eigenvalue weighted by Crippen LogP contribution is -2.14. The Bertz CT molecular complexity index is 134. The highest BCUT2D eigenvalue weighted by Crippen LogP contribution is 2.14. The monoisotopic (exact) mass is 124 g/mol. The van der Waals surface area contributed by atoms with E-state index in [4.69, 9.17) is 5.11 Å². The Morgan fingerprint density at radius 3 is 2.67 bits per heavy atom. The molecule has 1 aliphatic rings. The van der Waals surface area contributed by atoms with Gasteiger partial charge in [0.05, 0.1) is 6.10 Å². The molecule has 0 amide bonds.